The van der Waals surface area contributed by atoms with Crippen molar-refractivity contribution in [2.24, 2.45) is 0 Å². The number of aromatic carboxylic acids is 1. The molecule has 0 bridgehead atoms. The fraction of sp³-hybridized carbons (Fsp3) is 0.188. The van der Waals surface area contributed by atoms with Crippen LogP contribution in [0.5, 0.6) is 5.75 Å². The molecular weight excluding hydrogens is 361 g/mol. The summed E-state index contributed by atoms with van der Waals surface area (Å²) in [4.78, 5) is 11.2. The van der Waals surface area contributed by atoms with E-state index in [2.05, 4.69) is 5.32 Å². The Morgan fingerprint density at radius 1 is 1.09 bits per heavy atom. The summed E-state index contributed by atoms with van der Waals surface area (Å²) in [5.74, 6) is -0.390. The van der Waals surface area contributed by atoms with Gasteiger partial charge in [0.05, 0.1) is 22.2 Å². The number of carbonyl (C=O) groups is 1. The Bertz CT molecular complexity index is 707. The smallest absolute Gasteiger partial charge is 0.337 e. The first-order valence-corrected chi connectivity index (χ1v) is 7.95. The van der Waals surface area contributed by atoms with Gasteiger partial charge in [0.25, 0.3) is 0 Å². The maximum atomic E-state index is 11.2. The molecule has 0 aliphatic heterocycles. The number of hydrogen-bond donors (Lipinski definition) is 2. The van der Waals surface area contributed by atoms with Gasteiger partial charge in [0.2, 0.25) is 0 Å². The maximum absolute atomic E-state index is 11.2. The predicted molar refractivity (Wildman–Crippen MR) is 93.5 cm³/mol. The summed E-state index contributed by atoms with van der Waals surface area (Å²) in [6, 6.07) is 9.76. The number of benzene rings is 2. The Balaban J connectivity index is 1.81. The number of carboxylic acid groups (broad SMARTS) is 1. The van der Waals surface area contributed by atoms with E-state index in [1.807, 2.05) is 0 Å². The normalized spacial score (nSPS) is 10.4. The third kappa shape index (κ3) is 5.20. The molecule has 23 heavy (non-hydrogen) atoms. The number of carboxylic acids is 1. The molecule has 0 fully saturated rings. The molecule has 2 aromatic carbocycles. The summed E-state index contributed by atoms with van der Waals surface area (Å²) in [7, 11) is 0. The van der Waals surface area contributed by atoms with Crippen molar-refractivity contribution in [2.75, 3.05) is 18.5 Å². The molecule has 0 saturated carbocycles. The van der Waals surface area contributed by atoms with Crippen molar-refractivity contribution in [3.63, 3.8) is 0 Å². The Kier molecular flexibility index (Phi) is 6.39. The van der Waals surface area contributed by atoms with Crippen LogP contribution in [0.15, 0.2) is 36.4 Å². The number of ether oxygens (including phenoxy) is 1. The fourth-order valence-corrected chi connectivity index (χ4v) is 2.36. The molecule has 2 N–H and O–H groups in total. The third-order valence-electron chi connectivity index (χ3n) is 3.01. The second-order valence-electron chi connectivity index (χ2n) is 4.70. The van der Waals surface area contributed by atoms with Crippen LogP contribution in [0.3, 0.4) is 0 Å². The molecule has 4 nitrogen and oxygen atoms in total. The van der Waals surface area contributed by atoms with Crippen molar-refractivity contribution in [3.8, 4) is 5.75 Å². The largest absolute Gasteiger partial charge is 0.493 e. The molecule has 0 spiro atoms. The van der Waals surface area contributed by atoms with Gasteiger partial charge < -0.3 is 15.2 Å². The molecule has 0 aliphatic rings. The van der Waals surface area contributed by atoms with Crippen LogP contribution in [-0.2, 0) is 0 Å². The minimum atomic E-state index is -1.03. The number of nitrogens with one attached hydrogen (secondary N) is 1. The zero-order valence-corrected chi connectivity index (χ0v) is 14.3. The lowest BCUT2D eigenvalue weighted by atomic mass is 10.2. The second-order valence-corrected chi connectivity index (χ2v) is 5.95. The summed E-state index contributed by atoms with van der Waals surface area (Å²) in [6.07, 6.45) is 0.682. The lowest BCUT2D eigenvalue weighted by Crippen LogP contribution is -2.10. The highest BCUT2D eigenvalue weighted by molar-refractivity contribution is 6.42. The topological polar surface area (TPSA) is 58.6 Å². The number of halogens is 3. The number of rotatable bonds is 7. The average molecular weight is 375 g/mol. The number of anilines is 1. The lowest BCUT2D eigenvalue weighted by Gasteiger charge is -2.11. The SMILES string of the molecule is O=C(O)c1cc(Cl)ccc1NCCCOc1ccc(Cl)c(Cl)c1. The van der Waals surface area contributed by atoms with Gasteiger partial charge in [-0.1, -0.05) is 34.8 Å². The summed E-state index contributed by atoms with van der Waals surface area (Å²) in [6.45, 7) is 1.02. The zero-order chi connectivity index (χ0) is 16.8. The van der Waals surface area contributed by atoms with Crippen LogP contribution in [0.4, 0.5) is 5.69 Å². The predicted octanol–water partition coefficient (Wildman–Crippen LogP) is 5.23. The van der Waals surface area contributed by atoms with Crippen LogP contribution in [0.25, 0.3) is 0 Å². The van der Waals surface area contributed by atoms with Gasteiger partial charge in [0.15, 0.2) is 0 Å². The Hall–Kier alpha value is -1.62. The van der Waals surface area contributed by atoms with Gasteiger partial charge in [0, 0.05) is 23.3 Å². The van der Waals surface area contributed by atoms with Gasteiger partial charge in [-0.05, 0) is 36.8 Å². The standard InChI is InChI=1S/C16H14Cl3NO3/c17-10-2-5-15(12(8-10)16(21)22)20-6-1-7-23-11-3-4-13(18)14(19)9-11/h2-5,8-9,20H,1,6-7H2,(H,21,22). The van der Waals surface area contributed by atoms with E-state index in [9.17, 15) is 4.79 Å². The molecular formula is C16H14Cl3NO3. The first-order chi connectivity index (χ1) is 11.0. The molecule has 0 radical (unpaired) electrons. The molecule has 2 aromatic rings. The van der Waals surface area contributed by atoms with E-state index >= 15 is 0 Å². The highest BCUT2D eigenvalue weighted by Gasteiger charge is 2.10. The molecule has 0 heterocycles. The minimum absolute atomic E-state index is 0.142. The summed E-state index contributed by atoms with van der Waals surface area (Å²) in [5, 5.41) is 13.5. The van der Waals surface area contributed by atoms with E-state index in [0.29, 0.717) is 46.1 Å². The van der Waals surface area contributed by atoms with E-state index in [-0.39, 0.29) is 5.56 Å². The first kappa shape index (κ1) is 17.7. The van der Waals surface area contributed by atoms with Gasteiger partial charge in [-0.3, -0.25) is 0 Å². The maximum Gasteiger partial charge on any atom is 0.337 e. The molecule has 7 heteroatoms. The van der Waals surface area contributed by atoms with Crippen LogP contribution in [0.2, 0.25) is 15.1 Å². The zero-order valence-electron chi connectivity index (χ0n) is 12.0. The molecule has 0 saturated heterocycles. The van der Waals surface area contributed by atoms with Crippen molar-refractivity contribution >= 4 is 46.5 Å². The quantitative estimate of drug-likeness (QED) is 0.652. The Morgan fingerprint density at radius 2 is 1.87 bits per heavy atom. The van der Waals surface area contributed by atoms with Gasteiger partial charge in [0.1, 0.15) is 5.75 Å². The van der Waals surface area contributed by atoms with Gasteiger partial charge >= 0.3 is 5.97 Å². The second kappa shape index (κ2) is 8.29. The summed E-state index contributed by atoms with van der Waals surface area (Å²) in [5.41, 5.74) is 0.666. The molecule has 122 valence electrons. The molecule has 0 atom stereocenters. The van der Waals surface area contributed by atoms with Crippen molar-refractivity contribution in [1.82, 2.24) is 0 Å². The van der Waals surface area contributed by atoms with Crippen LogP contribution in [0.1, 0.15) is 16.8 Å². The highest BCUT2D eigenvalue weighted by Crippen LogP contribution is 2.26. The molecule has 0 aromatic heterocycles. The van der Waals surface area contributed by atoms with Crippen LogP contribution in [-0.4, -0.2) is 24.2 Å². The van der Waals surface area contributed by atoms with E-state index in [1.165, 1.54) is 6.07 Å². The Morgan fingerprint density at radius 3 is 2.57 bits per heavy atom. The summed E-state index contributed by atoms with van der Waals surface area (Å²) < 4.78 is 5.56. The average Bonchev–Trinajstić information content (AvgIpc) is 2.51. The van der Waals surface area contributed by atoms with Gasteiger partial charge in [-0.15, -0.1) is 0 Å². The minimum Gasteiger partial charge on any atom is -0.493 e. The molecule has 2 rings (SSSR count). The van der Waals surface area contributed by atoms with Crippen LogP contribution in [0, 0.1) is 0 Å². The lowest BCUT2D eigenvalue weighted by molar-refractivity contribution is 0.0698. The molecule has 0 unspecified atom stereocenters. The van der Waals surface area contributed by atoms with Crippen LogP contribution >= 0.6 is 34.8 Å². The van der Waals surface area contributed by atoms with Crippen LogP contribution < -0.4 is 10.1 Å². The first-order valence-electron chi connectivity index (χ1n) is 6.82. The van der Waals surface area contributed by atoms with Gasteiger partial charge in [-0.2, -0.15) is 0 Å². The number of hydrogen-bond acceptors (Lipinski definition) is 3. The van der Waals surface area contributed by atoms with Gasteiger partial charge in [-0.25, -0.2) is 4.79 Å². The molecule has 0 aliphatic carbocycles. The van der Waals surface area contributed by atoms with Crippen molar-refractivity contribution < 1.29 is 14.6 Å². The van der Waals surface area contributed by atoms with E-state index < -0.39 is 5.97 Å². The Labute approximate surface area is 148 Å². The van der Waals surface area contributed by atoms with Crippen molar-refractivity contribution in [3.05, 3.63) is 57.0 Å². The van der Waals surface area contributed by atoms with E-state index in [4.69, 9.17) is 44.6 Å². The monoisotopic (exact) mass is 373 g/mol. The van der Waals surface area contributed by atoms with Crippen molar-refractivity contribution in [2.45, 2.75) is 6.42 Å². The summed E-state index contributed by atoms with van der Waals surface area (Å²) >= 11 is 17.5. The van der Waals surface area contributed by atoms with E-state index in [0.717, 1.165) is 0 Å². The third-order valence-corrected chi connectivity index (χ3v) is 3.98. The fourth-order valence-electron chi connectivity index (χ4n) is 1.90. The molecule has 0 amide bonds. The van der Waals surface area contributed by atoms with E-state index in [1.54, 1.807) is 30.3 Å². The highest BCUT2D eigenvalue weighted by atomic mass is 35.5. The van der Waals surface area contributed by atoms with Crippen molar-refractivity contribution in [1.29, 1.82) is 0 Å².